The maximum Gasteiger partial charge on any atom is 0.222 e. The van der Waals surface area contributed by atoms with Gasteiger partial charge in [-0.15, -0.1) is 0 Å². The van der Waals surface area contributed by atoms with Crippen molar-refractivity contribution in [3.63, 3.8) is 0 Å². The molecule has 7 nitrogen and oxygen atoms in total. The van der Waals surface area contributed by atoms with Crippen molar-refractivity contribution < 1.29 is 4.79 Å². The molecule has 0 radical (unpaired) electrons. The number of carbonyl (C=O) groups is 1. The first-order valence-corrected chi connectivity index (χ1v) is 10.6. The van der Waals surface area contributed by atoms with E-state index in [9.17, 15) is 4.79 Å². The highest BCUT2D eigenvalue weighted by atomic mass is 35.5. The summed E-state index contributed by atoms with van der Waals surface area (Å²) < 4.78 is 0. The van der Waals surface area contributed by atoms with Crippen molar-refractivity contribution in [1.82, 2.24) is 15.6 Å². The van der Waals surface area contributed by atoms with Crippen LogP contribution in [0.2, 0.25) is 10.0 Å². The van der Waals surface area contributed by atoms with Crippen LogP contribution < -0.4 is 21.3 Å². The fourth-order valence-corrected chi connectivity index (χ4v) is 3.97. The van der Waals surface area contributed by atoms with Crippen molar-refractivity contribution in [3.05, 3.63) is 57.7 Å². The predicted molar refractivity (Wildman–Crippen MR) is 122 cm³/mol. The second-order valence-electron chi connectivity index (χ2n) is 7.19. The first-order chi connectivity index (χ1) is 14.5. The first-order valence-electron chi connectivity index (χ1n) is 9.84. The van der Waals surface area contributed by atoms with Gasteiger partial charge in [0.15, 0.2) is 5.96 Å². The number of hydrogen-bond acceptors (Lipinski definition) is 4. The van der Waals surface area contributed by atoms with Gasteiger partial charge in [0.25, 0.3) is 0 Å². The zero-order valence-electron chi connectivity index (χ0n) is 16.9. The number of rotatable bonds is 6. The number of amides is 1. The molecule has 0 saturated carbocycles. The summed E-state index contributed by atoms with van der Waals surface area (Å²) in [5.41, 5.74) is 7.47. The molecule has 9 heteroatoms. The van der Waals surface area contributed by atoms with Crippen LogP contribution in [-0.2, 0) is 17.9 Å². The highest BCUT2D eigenvalue weighted by Gasteiger charge is 2.25. The van der Waals surface area contributed by atoms with E-state index in [1.807, 2.05) is 18.2 Å². The number of hydrogen-bond donors (Lipinski definition) is 3. The van der Waals surface area contributed by atoms with Crippen LogP contribution >= 0.6 is 23.2 Å². The Balaban J connectivity index is 1.62. The van der Waals surface area contributed by atoms with Crippen molar-refractivity contribution in [2.45, 2.75) is 25.9 Å². The van der Waals surface area contributed by atoms with Crippen LogP contribution in [0.5, 0.6) is 0 Å². The molecule has 0 bridgehead atoms. The van der Waals surface area contributed by atoms with Gasteiger partial charge < -0.3 is 21.3 Å². The summed E-state index contributed by atoms with van der Waals surface area (Å²) in [4.78, 5) is 22.6. The lowest BCUT2D eigenvalue weighted by molar-refractivity contribution is -0.122. The van der Waals surface area contributed by atoms with Crippen molar-refractivity contribution >= 4 is 40.9 Å². The van der Waals surface area contributed by atoms with Crippen LogP contribution in [0.4, 0.5) is 5.82 Å². The molecule has 2 aromatic rings. The van der Waals surface area contributed by atoms with E-state index >= 15 is 0 Å². The fraction of sp³-hybridized carbons (Fsp3) is 0.381. The van der Waals surface area contributed by atoms with Crippen LogP contribution in [0.3, 0.4) is 0 Å². The molecule has 0 aliphatic carbocycles. The lowest BCUT2D eigenvalue weighted by atomic mass is 9.97. The number of aromatic nitrogens is 1. The second-order valence-corrected chi connectivity index (χ2v) is 8.03. The quantitative estimate of drug-likeness (QED) is 0.466. The van der Waals surface area contributed by atoms with E-state index in [1.54, 1.807) is 25.4 Å². The average Bonchev–Trinajstić information content (AvgIpc) is 2.75. The van der Waals surface area contributed by atoms with Gasteiger partial charge in [0.1, 0.15) is 5.82 Å². The number of pyridine rings is 1. The summed E-state index contributed by atoms with van der Waals surface area (Å²) in [7, 11) is 1.71. The Morgan fingerprint density at radius 1 is 1.27 bits per heavy atom. The molecule has 1 amide bonds. The Morgan fingerprint density at radius 3 is 2.73 bits per heavy atom. The number of nitrogens with one attached hydrogen (secondary N) is 2. The molecular formula is C21H26Cl2N6O. The van der Waals surface area contributed by atoms with Gasteiger partial charge in [-0.2, -0.15) is 0 Å². The molecule has 2 heterocycles. The van der Waals surface area contributed by atoms with Gasteiger partial charge in [0.2, 0.25) is 5.91 Å². The number of carbonyl (C=O) groups excluding carboxylic acids is 1. The Kier molecular flexibility index (Phi) is 7.76. The molecule has 0 spiro atoms. The number of benzene rings is 1. The minimum Gasteiger partial charge on any atom is -0.369 e. The van der Waals surface area contributed by atoms with Crippen LogP contribution in [0.15, 0.2) is 41.5 Å². The van der Waals surface area contributed by atoms with E-state index in [2.05, 4.69) is 25.5 Å². The van der Waals surface area contributed by atoms with Gasteiger partial charge >= 0.3 is 0 Å². The molecule has 3 rings (SSSR count). The predicted octanol–water partition coefficient (Wildman–Crippen LogP) is 2.96. The third-order valence-electron chi connectivity index (χ3n) is 5.12. The SMILES string of the molecule is CN=C(NCc1ccc(Cl)cc1Cl)NCc1cccnc1N1CCCC(C(N)=O)C1. The minimum absolute atomic E-state index is 0.139. The van der Waals surface area contributed by atoms with Gasteiger partial charge in [-0.3, -0.25) is 9.79 Å². The molecule has 30 heavy (non-hydrogen) atoms. The van der Waals surface area contributed by atoms with E-state index in [1.165, 1.54) is 0 Å². The molecule has 1 aliphatic rings. The van der Waals surface area contributed by atoms with Crippen molar-refractivity contribution in [2.75, 3.05) is 25.0 Å². The number of nitrogens with zero attached hydrogens (tertiary/aromatic N) is 3. The number of aliphatic imine (C=N–C) groups is 1. The van der Waals surface area contributed by atoms with E-state index in [0.717, 1.165) is 36.3 Å². The highest BCUT2D eigenvalue weighted by Crippen LogP contribution is 2.24. The summed E-state index contributed by atoms with van der Waals surface area (Å²) in [5, 5.41) is 7.77. The number of primary amides is 1. The number of nitrogens with two attached hydrogens (primary N) is 1. The van der Waals surface area contributed by atoms with Gasteiger partial charge in [-0.1, -0.05) is 35.3 Å². The summed E-state index contributed by atoms with van der Waals surface area (Å²) >= 11 is 12.2. The summed E-state index contributed by atoms with van der Waals surface area (Å²) in [5.74, 6) is 1.12. The third-order valence-corrected chi connectivity index (χ3v) is 5.71. The lowest BCUT2D eigenvalue weighted by Gasteiger charge is -2.33. The highest BCUT2D eigenvalue weighted by molar-refractivity contribution is 6.35. The number of anilines is 1. The number of halogens is 2. The van der Waals surface area contributed by atoms with E-state index in [4.69, 9.17) is 28.9 Å². The molecule has 1 aliphatic heterocycles. The summed E-state index contributed by atoms with van der Waals surface area (Å²) in [6, 6.07) is 9.33. The average molecular weight is 449 g/mol. The standard InChI is InChI=1S/C21H26Cl2N6O/c1-25-21(27-11-14-6-7-17(22)10-18(14)23)28-12-15-4-2-8-26-20(15)29-9-3-5-16(13-29)19(24)30/h2,4,6-8,10,16H,3,5,9,11-13H2,1H3,(H2,24,30)(H2,25,27,28). The minimum atomic E-state index is -0.249. The smallest absolute Gasteiger partial charge is 0.222 e. The van der Waals surface area contributed by atoms with Crippen LogP contribution in [0, 0.1) is 5.92 Å². The maximum absolute atomic E-state index is 11.6. The second kappa shape index (κ2) is 10.5. The third kappa shape index (κ3) is 5.77. The van der Waals surface area contributed by atoms with Crippen LogP contribution in [0.25, 0.3) is 0 Å². The molecule has 1 aromatic carbocycles. The molecule has 1 atom stereocenters. The topological polar surface area (TPSA) is 95.6 Å². The largest absolute Gasteiger partial charge is 0.369 e. The van der Waals surface area contributed by atoms with Gasteiger partial charge in [0.05, 0.1) is 5.92 Å². The number of guanidine groups is 1. The Labute approximate surface area is 186 Å². The molecule has 1 aromatic heterocycles. The molecule has 1 unspecified atom stereocenters. The lowest BCUT2D eigenvalue weighted by Crippen LogP contribution is -2.42. The Hall–Kier alpha value is -2.51. The van der Waals surface area contributed by atoms with Crippen LogP contribution in [-0.4, -0.2) is 37.0 Å². The first kappa shape index (κ1) is 22.2. The Bertz CT molecular complexity index is 920. The van der Waals surface area contributed by atoms with E-state index in [0.29, 0.717) is 35.6 Å². The van der Waals surface area contributed by atoms with Crippen molar-refractivity contribution in [2.24, 2.45) is 16.6 Å². The Morgan fingerprint density at radius 2 is 2.03 bits per heavy atom. The van der Waals surface area contributed by atoms with Gasteiger partial charge in [0, 0.05) is 55.0 Å². The van der Waals surface area contributed by atoms with Gasteiger partial charge in [-0.25, -0.2) is 4.98 Å². The molecule has 4 N–H and O–H groups in total. The summed E-state index contributed by atoms with van der Waals surface area (Å²) in [6.07, 6.45) is 3.51. The summed E-state index contributed by atoms with van der Waals surface area (Å²) in [6.45, 7) is 2.51. The maximum atomic E-state index is 11.6. The number of piperidine rings is 1. The molecule has 1 fully saturated rings. The van der Waals surface area contributed by atoms with Crippen molar-refractivity contribution in [1.29, 1.82) is 0 Å². The molecule has 160 valence electrons. The molecular weight excluding hydrogens is 423 g/mol. The zero-order valence-corrected chi connectivity index (χ0v) is 18.4. The zero-order chi connectivity index (χ0) is 21.5. The fourth-order valence-electron chi connectivity index (χ4n) is 3.50. The van der Waals surface area contributed by atoms with Gasteiger partial charge in [-0.05, 0) is 36.6 Å². The van der Waals surface area contributed by atoms with E-state index < -0.39 is 0 Å². The van der Waals surface area contributed by atoms with E-state index in [-0.39, 0.29) is 11.8 Å². The molecule has 1 saturated heterocycles. The van der Waals surface area contributed by atoms with Crippen molar-refractivity contribution in [3.8, 4) is 0 Å². The van der Waals surface area contributed by atoms with Crippen LogP contribution in [0.1, 0.15) is 24.0 Å². The monoisotopic (exact) mass is 448 g/mol. The normalized spacial score (nSPS) is 17.0.